The first-order chi connectivity index (χ1) is 18.1. The zero-order valence-corrected chi connectivity index (χ0v) is 22.1. The lowest BCUT2D eigenvalue weighted by Crippen LogP contribution is -2.33. The van der Waals surface area contributed by atoms with Crippen molar-refractivity contribution in [2.75, 3.05) is 6.61 Å². The van der Waals surface area contributed by atoms with Gasteiger partial charge in [-0.15, -0.1) is 5.10 Å². The van der Waals surface area contributed by atoms with Crippen molar-refractivity contribution in [1.82, 2.24) is 30.1 Å². The maximum Gasteiger partial charge on any atom is 0.252 e. The van der Waals surface area contributed by atoms with Crippen LogP contribution in [0.3, 0.4) is 0 Å². The van der Waals surface area contributed by atoms with Crippen molar-refractivity contribution in [1.29, 1.82) is 0 Å². The lowest BCUT2D eigenvalue weighted by atomic mass is 10.1. The number of rotatable bonds is 10. The van der Waals surface area contributed by atoms with E-state index in [0.717, 1.165) is 47.3 Å². The second-order valence-corrected chi connectivity index (χ2v) is 10.1. The summed E-state index contributed by atoms with van der Waals surface area (Å²) in [5.41, 5.74) is 2.35. The van der Waals surface area contributed by atoms with Gasteiger partial charge in [-0.3, -0.25) is 9.69 Å². The van der Waals surface area contributed by atoms with Gasteiger partial charge in [-0.25, -0.2) is 4.68 Å². The molecule has 2 heterocycles. The molecule has 2 aromatic heterocycles. The molecule has 0 aliphatic heterocycles. The molecule has 4 aromatic rings. The van der Waals surface area contributed by atoms with E-state index in [1.54, 1.807) is 0 Å². The first-order valence-corrected chi connectivity index (χ1v) is 13.5. The minimum Gasteiger partial charge on any atom is -0.494 e. The molecule has 2 aromatic carbocycles. The first kappa shape index (κ1) is 25.4. The molecule has 0 bridgehead atoms. The lowest BCUT2D eigenvalue weighted by Gasteiger charge is -2.31. The number of aromatic nitrogens is 5. The third kappa shape index (κ3) is 5.55. The molecule has 1 saturated carbocycles. The molecule has 9 heteroatoms. The van der Waals surface area contributed by atoms with Crippen molar-refractivity contribution in [3.05, 3.63) is 80.9 Å². The lowest BCUT2D eigenvalue weighted by molar-refractivity contribution is 0.158. The van der Waals surface area contributed by atoms with E-state index in [4.69, 9.17) is 16.3 Å². The molecule has 1 aliphatic rings. The van der Waals surface area contributed by atoms with Gasteiger partial charge in [0.05, 0.1) is 18.7 Å². The summed E-state index contributed by atoms with van der Waals surface area (Å²) in [5.74, 6) is 1.63. The molecular weight excluding hydrogens is 488 g/mol. The predicted molar refractivity (Wildman–Crippen MR) is 145 cm³/mol. The molecule has 194 valence electrons. The van der Waals surface area contributed by atoms with Crippen LogP contribution in [0.25, 0.3) is 10.9 Å². The minimum absolute atomic E-state index is 0.0864. The van der Waals surface area contributed by atoms with Gasteiger partial charge in [-0.05, 0) is 72.5 Å². The summed E-state index contributed by atoms with van der Waals surface area (Å²) < 4.78 is 7.70. The van der Waals surface area contributed by atoms with Crippen LogP contribution in [0.2, 0.25) is 5.02 Å². The number of ether oxygens (including phenoxy) is 1. The quantitative estimate of drug-likeness (QED) is 0.283. The van der Waals surface area contributed by atoms with Crippen molar-refractivity contribution in [2.24, 2.45) is 0 Å². The summed E-state index contributed by atoms with van der Waals surface area (Å²) in [6, 6.07) is 15.8. The van der Waals surface area contributed by atoms with E-state index < -0.39 is 0 Å². The summed E-state index contributed by atoms with van der Waals surface area (Å²) in [6.45, 7) is 5.66. The SMILES string of the molecule is CCOc1ccc2[nH]c(=O)c(CN(Cc3ccccc3Cl)[C@H](CC)c3nnnn3C3CCCC3)cc2c1. The molecule has 8 nitrogen and oxygen atoms in total. The van der Waals surface area contributed by atoms with Crippen LogP contribution in [0.15, 0.2) is 53.3 Å². The highest BCUT2D eigenvalue weighted by molar-refractivity contribution is 6.31. The van der Waals surface area contributed by atoms with Crippen molar-refractivity contribution in [3.63, 3.8) is 0 Å². The summed E-state index contributed by atoms with van der Waals surface area (Å²) in [6.07, 6.45) is 5.36. The maximum atomic E-state index is 13.2. The molecule has 1 atom stereocenters. The molecule has 0 amide bonds. The Labute approximate surface area is 221 Å². The topological polar surface area (TPSA) is 88.9 Å². The maximum absolute atomic E-state index is 13.2. The first-order valence-electron chi connectivity index (χ1n) is 13.1. The molecule has 5 rings (SSSR count). The second kappa shape index (κ2) is 11.4. The van der Waals surface area contributed by atoms with Crippen molar-refractivity contribution in [3.8, 4) is 5.75 Å². The second-order valence-electron chi connectivity index (χ2n) is 9.65. The zero-order chi connectivity index (χ0) is 25.8. The zero-order valence-electron chi connectivity index (χ0n) is 21.4. The Bertz CT molecular complexity index is 1410. The van der Waals surface area contributed by atoms with Gasteiger partial charge in [0.25, 0.3) is 5.56 Å². The van der Waals surface area contributed by atoms with Gasteiger partial charge in [0.15, 0.2) is 5.82 Å². The van der Waals surface area contributed by atoms with Crippen LogP contribution in [-0.2, 0) is 13.1 Å². The number of tetrazole rings is 1. The van der Waals surface area contributed by atoms with Gasteiger partial charge in [-0.1, -0.05) is 49.6 Å². The molecule has 0 radical (unpaired) electrons. The standard InChI is InChI=1S/C28H33ClN6O2/c1-3-26(27-31-32-33-35(27)22-10-6-7-11-22)34(17-19-9-5-8-12-24(19)29)18-21-15-20-16-23(37-4-2)13-14-25(20)30-28(21)36/h5,8-9,12-16,22,26H,3-4,6-7,10-11,17-18H2,1-2H3,(H,30,36)/t26-/m1/s1. The van der Waals surface area contributed by atoms with Gasteiger partial charge in [-0.2, -0.15) is 0 Å². The monoisotopic (exact) mass is 520 g/mol. The van der Waals surface area contributed by atoms with Crippen LogP contribution in [0.4, 0.5) is 0 Å². The molecular formula is C28H33ClN6O2. The molecule has 0 spiro atoms. The molecule has 1 fully saturated rings. The van der Waals surface area contributed by atoms with Crippen molar-refractivity contribution in [2.45, 2.75) is 71.1 Å². The van der Waals surface area contributed by atoms with Crippen LogP contribution in [-0.4, -0.2) is 36.7 Å². The molecule has 37 heavy (non-hydrogen) atoms. The normalized spacial score (nSPS) is 15.0. The highest BCUT2D eigenvalue weighted by atomic mass is 35.5. The smallest absolute Gasteiger partial charge is 0.252 e. The van der Waals surface area contributed by atoms with Crippen LogP contribution in [0, 0.1) is 0 Å². The van der Waals surface area contributed by atoms with E-state index in [0.29, 0.717) is 36.3 Å². The molecule has 1 N–H and O–H groups in total. The van der Waals surface area contributed by atoms with Gasteiger partial charge in [0.2, 0.25) is 0 Å². The number of fused-ring (bicyclic) bond motifs is 1. The molecule has 1 aliphatic carbocycles. The Hall–Kier alpha value is -3.23. The van der Waals surface area contributed by atoms with Gasteiger partial charge in [0.1, 0.15) is 5.75 Å². The highest BCUT2D eigenvalue weighted by Crippen LogP contribution is 2.34. The van der Waals surface area contributed by atoms with Crippen molar-refractivity contribution < 1.29 is 4.74 Å². The largest absolute Gasteiger partial charge is 0.494 e. The Morgan fingerprint density at radius 3 is 2.65 bits per heavy atom. The number of hydrogen-bond acceptors (Lipinski definition) is 6. The van der Waals surface area contributed by atoms with E-state index in [1.807, 2.05) is 60.1 Å². The summed E-state index contributed by atoms with van der Waals surface area (Å²) >= 11 is 6.58. The number of halogens is 1. The van der Waals surface area contributed by atoms with E-state index in [-0.39, 0.29) is 11.6 Å². The third-order valence-corrected chi connectivity index (χ3v) is 7.59. The number of pyridine rings is 1. The highest BCUT2D eigenvalue weighted by Gasteiger charge is 2.30. The van der Waals surface area contributed by atoms with Crippen molar-refractivity contribution >= 4 is 22.5 Å². The number of benzene rings is 2. The predicted octanol–water partition coefficient (Wildman–Crippen LogP) is 5.84. The minimum atomic E-state index is -0.106. The fraction of sp³-hybridized carbons (Fsp3) is 0.429. The molecule has 0 saturated heterocycles. The van der Waals surface area contributed by atoms with Crippen LogP contribution in [0.5, 0.6) is 5.75 Å². The number of hydrogen-bond donors (Lipinski definition) is 1. The van der Waals surface area contributed by atoms with Crippen LogP contribution in [0.1, 0.15) is 75.0 Å². The Morgan fingerprint density at radius 1 is 1.11 bits per heavy atom. The summed E-state index contributed by atoms with van der Waals surface area (Å²) in [4.78, 5) is 18.5. The summed E-state index contributed by atoms with van der Waals surface area (Å²) in [7, 11) is 0. The molecule has 0 unspecified atom stereocenters. The Balaban J connectivity index is 1.54. The van der Waals surface area contributed by atoms with Gasteiger partial charge >= 0.3 is 0 Å². The summed E-state index contributed by atoms with van der Waals surface area (Å²) in [5, 5.41) is 14.6. The van der Waals surface area contributed by atoms with E-state index in [2.05, 4.69) is 32.3 Å². The number of nitrogens with zero attached hydrogens (tertiary/aromatic N) is 5. The fourth-order valence-electron chi connectivity index (χ4n) is 5.38. The number of nitrogens with one attached hydrogen (secondary N) is 1. The average Bonchev–Trinajstić information content (AvgIpc) is 3.59. The average molecular weight is 521 g/mol. The Morgan fingerprint density at radius 2 is 1.89 bits per heavy atom. The number of H-pyrrole nitrogens is 1. The van der Waals surface area contributed by atoms with E-state index in [9.17, 15) is 4.79 Å². The Kier molecular flexibility index (Phi) is 7.86. The fourth-order valence-corrected chi connectivity index (χ4v) is 5.57. The van der Waals surface area contributed by atoms with Gasteiger partial charge in [0, 0.05) is 34.6 Å². The van der Waals surface area contributed by atoms with E-state index >= 15 is 0 Å². The van der Waals surface area contributed by atoms with Crippen LogP contribution < -0.4 is 10.3 Å². The third-order valence-electron chi connectivity index (χ3n) is 7.22. The van der Waals surface area contributed by atoms with E-state index in [1.165, 1.54) is 12.8 Å². The van der Waals surface area contributed by atoms with Gasteiger partial charge < -0.3 is 9.72 Å². The van der Waals surface area contributed by atoms with Crippen LogP contribution >= 0.6 is 11.6 Å². The number of aromatic amines is 1.